The average molecular weight is 399 g/mol. The molecule has 0 saturated heterocycles. The van der Waals surface area contributed by atoms with E-state index in [0.717, 1.165) is 6.42 Å². The summed E-state index contributed by atoms with van der Waals surface area (Å²) < 4.78 is 10.4. The van der Waals surface area contributed by atoms with E-state index < -0.39 is 16.8 Å². The monoisotopic (exact) mass is 399 g/mol. The van der Waals surface area contributed by atoms with Crippen molar-refractivity contribution < 1.29 is 24.0 Å². The molecule has 0 aliphatic carbocycles. The predicted octanol–water partition coefficient (Wildman–Crippen LogP) is 3.08. The maximum absolute atomic E-state index is 11.9. The van der Waals surface area contributed by atoms with Gasteiger partial charge in [-0.2, -0.15) is 5.10 Å². The molecule has 0 bridgehead atoms. The molecule has 1 amide bonds. The molecule has 1 N–H and O–H groups in total. The summed E-state index contributed by atoms with van der Waals surface area (Å²) in [5, 5.41) is 14.6. The van der Waals surface area contributed by atoms with Crippen molar-refractivity contribution in [1.29, 1.82) is 0 Å². The summed E-state index contributed by atoms with van der Waals surface area (Å²) in [5.41, 5.74) is 3.86. The highest BCUT2D eigenvalue weighted by Crippen LogP contribution is 2.14. The standard InChI is InChI=1S/C20H21N3O6/c1-3-12-28-20(25)16-6-10-18(11-7-16)29-13-19(24)22-21-14(2)15-4-8-17(9-5-15)23(26)27/h4-11H,3,12-13H2,1-2H3,(H,22,24). The Morgan fingerprint density at radius 2 is 1.69 bits per heavy atom. The molecule has 0 fully saturated rings. The third kappa shape index (κ3) is 6.73. The van der Waals surface area contributed by atoms with Crippen molar-refractivity contribution >= 4 is 23.3 Å². The number of non-ortho nitro benzene ring substituents is 1. The summed E-state index contributed by atoms with van der Waals surface area (Å²) in [7, 11) is 0. The molecule has 0 radical (unpaired) electrons. The van der Waals surface area contributed by atoms with Crippen LogP contribution in [-0.2, 0) is 9.53 Å². The second kappa shape index (κ2) is 10.5. The Morgan fingerprint density at radius 3 is 2.28 bits per heavy atom. The highest BCUT2D eigenvalue weighted by Gasteiger charge is 2.08. The molecule has 2 aromatic rings. The van der Waals surface area contributed by atoms with E-state index in [0.29, 0.717) is 29.2 Å². The first-order valence-electron chi connectivity index (χ1n) is 8.88. The van der Waals surface area contributed by atoms with E-state index in [1.54, 1.807) is 43.3 Å². The molecule has 9 nitrogen and oxygen atoms in total. The minimum absolute atomic E-state index is 0.0244. The summed E-state index contributed by atoms with van der Waals surface area (Å²) in [6.07, 6.45) is 0.744. The number of hydrogen-bond acceptors (Lipinski definition) is 7. The number of nitrogens with zero attached hydrogens (tertiary/aromatic N) is 2. The fourth-order valence-corrected chi connectivity index (χ4v) is 2.18. The van der Waals surface area contributed by atoms with Crippen LogP contribution in [0.3, 0.4) is 0 Å². The SMILES string of the molecule is CCCOC(=O)c1ccc(OCC(=O)NN=C(C)c2ccc([N+](=O)[O-])cc2)cc1. The van der Waals surface area contributed by atoms with Gasteiger partial charge in [-0.3, -0.25) is 14.9 Å². The Hall–Kier alpha value is -3.75. The molecule has 29 heavy (non-hydrogen) atoms. The molecule has 2 rings (SSSR count). The van der Waals surface area contributed by atoms with Gasteiger partial charge in [-0.05, 0) is 55.3 Å². The molecule has 0 atom stereocenters. The zero-order chi connectivity index (χ0) is 21.2. The van der Waals surface area contributed by atoms with Crippen LogP contribution in [0.2, 0.25) is 0 Å². The van der Waals surface area contributed by atoms with E-state index >= 15 is 0 Å². The number of rotatable bonds is 9. The maximum atomic E-state index is 11.9. The van der Waals surface area contributed by atoms with Crippen LogP contribution in [0.25, 0.3) is 0 Å². The molecule has 152 valence electrons. The van der Waals surface area contributed by atoms with E-state index in [1.165, 1.54) is 12.1 Å². The molecule has 0 unspecified atom stereocenters. The lowest BCUT2D eigenvalue weighted by Crippen LogP contribution is -2.25. The van der Waals surface area contributed by atoms with Crippen molar-refractivity contribution in [3.8, 4) is 5.75 Å². The van der Waals surface area contributed by atoms with Gasteiger partial charge in [0, 0.05) is 12.1 Å². The molecular weight excluding hydrogens is 378 g/mol. The predicted molar refractivity (Wildman–Crippen MR) is 106 cm³/mol. The lowest BCUT2D eigenvalue weighted by Gasteiger charge is -2.07. The minimum atomic E-state index is -0.490. The van der Waals surface area contributed by atoms with Gasteiger partial charge in [-0.1, -0.05) is 6.92 Å². The summed E-state index contributed by atoms with van der Waals surface area (Å²) in [6.45, 7) is 3.67. The Balaban J connectivity index is 1.83. The topological polar surface area (TPSA) is 120 Å². The first kappa shape index (κ1) is 21.5. The van der Waals surface area contributed by atoms with Crippen LogP contribution in [0.15, 0.2) is 53.6 Å². The number of hydrogen-bond donors (Lipinski definition) is 1. The number of hydrazone groups is 1. The molecule has 9 heteroatoms. The second-order valence-corrected chi connectivity index (χ2v) is 5.99. The van der Waals surface area contributed by atoms with Gasteiger partial charge < -0.3 is 9.47 Å². The van der Waals surface area contributed by atoms with Crippen molar-refractivity contribution in [2.75, 3.05) is 13.2 Å². The van der Waals surface area contributed by atoms with Crippen LogP contribution in [0.4, 0.5) is 5.69 Å². The molecule has 0 aliphatic heterocycles. The van der Waals surface area contributed by atoms with Crippen molar-refractivity contribution in [3.05, 3.63) is 69.8 Å². The van der Waals surface area contributed by atoms with E-state index in [9.17, 15) is 19.7 Å². The second-order valence-electron chi connectivity index (χ2n) is 5.99. The number of amides is 1. The molecule has 2 aromatic carbocycles. The van der Waals surface area contributed by atoms with E-state index in [2.05, 4.69) is 10.5 Å². The first-order valence-corrected chi connectivity index (χ1v) is 8.88. The van der Waals surface area contributed by atoms with Crippen LogP contribution < -0.4 is 10.2 Å². The number of benzene rings is 2. The van der Waals surface area contributed by atoms with Crippen molar-refractivity contribution in [2.45, 2.75) is 20.3 Å². The lowest BCUT2D eigenvalue weighted by molar-refractivity contribution is -0.384. The zero-order valence-corrected chi connectivity index (χ0v) is 16.1. The normalized spacial score (nSPS) is 10.9. The van der Waals surface area contributed by atoms with Crippen LogP contribution >= 0.6 is 0 Å². The van der Waals surface area contributed by atoms with Gasteiger partial charge in [-0.25, -0.2) is 10.2 Å². The number of ether oxygens (including phenoxy) is 2. The minimum Gasteiger partial charge on any atom is -0.484 e. The molecule has 0 spiro atoms. The number of nitro benzene ring substituents is 1. The van der Waals surface area contributed by atoms with E-state index in [-0.39, 0.29) is 12.3 Å². The largest absolute Gasteiger partial charge is 0.484 e. The lowest BCUT2D eigenvalue weighted by atomic mass is 10.1. The van der Waals surface area contributed by atoms with Gasteiger partial charge in [0.1, 0.15) is 5.75 Å². The molecule has 0 aliphatic rings. The van der Waals surface area contributed by atoms with Crippen LogP contribution in [-0.4, -0.2) is 35.7 Å². The quantitative estimate of drug-likeness (QED) is 0.299. The fraction of sp³-hybridized carbons (Fsp3) is 0.250. The van der Waals surface area contributed by atoms with Crippen LogP contribution in [0, 0.1) is 10.1 Å². The van der Waals surface area contributed by atoms with Gasteiger partial charge in [0.15, 0.2) is 6.61 Å². The van der Waals surface area contributed by atoms with E-state index in [1.807, 2.05) is 6.92 Å². The van der Waals surface area contributed by atoms with Crippen molar-refractivity contribution in [2.24, 2.45) is 5.10 Å². The number of carbonyl (C=O) groups is 2. The molecule has 0 saturated carbocycles. The fourth-order valence-electron chi connectivity index (χ4n) is 2.18. The zero-order valence-electron chi connectivity index (χ0n) is 16.1. The van der Waals surface area contributed by atoms with Gasteiger partial charge in [0.05, 0.1) is 22.8 Å². The highest BCUT2D eigenvalue weighted by atomic mass is 16.6. The highest BCUT2D eigenvalue weighted by molar-refractivity contribution is 5.99. The summed E-state index contributed by atoms with van der Waals surface area (Å²) >= 11 is 0. The van der Waals surface area contributed by atoms with Crippen molar-refractivity contribution in [1.82, 2.24) is 5.43 Å². The Labute approximate surface area is 167 Å². The number of carbonyl (C=O) groups excluding carboxylic acids is 2. The third-order valence-corrected chi connectivity index (χ3v) is 3.74. The third-order valence-electron chi connectivity index (χ3n) is 3.74. The number of nitrogens with one attached hydrogen (secondary N) is 1. The molecular formula is C20H21N3O6. The molecule has 0 heterocycles. The Bertz CT molecular complexity index is 891. The van der Waals surface area contributed by atoms with Gasteiger partial charge in [-0.15, -0.1) is 0 Å². The number of esters is 1. The van der Waals surface area contributed by atoms with E-state index in [4.69, 9.17) is 9.47 Å². The first-order chi connectivity index (χ1) is 13.9. The maximum Gasteiger partial charge on any atom is 0.338 e. The summed E-state index contributed by atoms with van der Waals surface area (Å²) in [4.78, 5) is 33.8. The van der Waals surface area contributed by atoms with Gasteiger partial charge >= 0.3 is 5.97 Å². The molecule has 0 aromatic heterocycles. The van der Waals surface area contributed by atoms with Crippen LogP contribution in [0.5, 0.6) is 5.75 Å². The van der Waals surface area contributed by atoms with Crippen LogP contribution in [0.1, 0.15) is 36.2 Å². The van der Waals surface area contributed by atoms with Gasteiger partial charge in [0.25, 0.3) is 11.6 Å². The summed E-state index contributed by atoms with van der Waals surface area (Å²) in [5.74, 6) is -0.465. The smallest absolute Gasteiger partial charge is 0.338 e. The Kier molecular flexibility index (Phi) is 7.84. The number of nitro groups is 1. The summed E-state index contributed by atoms with van der Waals surface area (Å²) in [6, 6.07) is 12.1. The Morgan fingerprint density at radius 1 is 1.07 bits per heavy atom. The van der Waals surface area contributed by atoms with Gasteiger partial charge in [0.2, 0.25) is 0 Å². The average Bonchev–Trinajstić information content (AvgIpc) is 2.74. The van der Waals surface area contributed by atoms with Crippen molar-refractivity contribution in [3.63, 3.8) is 0 Å².